The van der Waals surface area contributed by atoms with Crippen LogP contribution in [0.15, 0.2) is 0 Å². The Labute approximate surface area is 144 Å². The number of rotatable bonds is 2. The monoisotopic (exact) mass is 493 g/mol. The molecule has 8 heteroatoms. The minimum absolute atomic E-state index is 0. The zero-order valence-electron chi connectivity index (χ0n) is 12.2. The predicted octanol–water partition coefficient (Wildman–Crippen LogP) is -2.51. The van der Waals surface area contributed by atoms with Gasteiger partial charge in [-0.1, -0.05) is 12.8 Å². The number of nitrogens with two attached hydrogens (primary N) is 2. The second kappa shape index (κ2) is 8.39. The van der Waals surface area contributed by atoms with E-state index in [1.165, 1.54) is 12.8 Å². The van der Waals surface area contributed by atoms with Gasteiger partial charge >= 0.3 is 21.1 Å². The van der Waals surface area contributed by atoms with Crippen molar-refractivity contribution in [3.8, 4) is 0 Å². The van der Waals surface area contributed by atoms with Gasteiger partial charge in [-0.15, -0.1) is 0 Å². The predicted molar refractivity (Wildman–Crippen MR) is 69.3 cm³/mol. The smallest absolute Gasteiger partial charge is 0.550 e. The molecule has 2 bridgehead atoms. The van der Waals surface area contributed by atoms with Crippen molar-refractivity contribution < 1.29 is 45.6 Å². The number of aliphatic carboxylic acids is 2. The molecule has 0 aromatic rings. The second-order valence-corrected chi connectivity index (χ2v) is 6.09. The molecule has 4 N–H and O–H groups in total. The van der Waals surface area contributed by atoms with Gasteiger partial charge < -0.3 is 36.0 Å². The van der Waals surface area contributed by atoms with Crippen LogP contribution in [0.25, 0.3) is 0 Å². The molecule has 0 aromatic heterocycles. The Bertz CT molecular complexity index is 373. The molecule has 0 spiro atoms. The number of ether oxygens (including phenoxy) is 1. The third-order valence-electron chi connectivity index (χ3n) is 4.69. The SMILES string of the molecule is NC1CCCCC1N.O=C([O-])C1C2CCC(O2)C1C(=O)[O-].[Pt+2]. The van der Waals surface area contributed by atoms with Crippen LogP contribution in [0.4, 0.5) is 0 Å². The normalized spacial score (nSPS) is 39.4. The maximum Gasteiger partial charge on any atom is 2.00 e. The molecule has 6 atom stereocenters. The van der Waals surface area contributed by atoms with E-state index in [-0.39, 0.29) is 33.1 Å². The molecule has 22 heavy (non-hydrogen) atoms. The van der Waals surface area contributed by atoms with Crippen LogP contribution in [0, 0.1) is 11.8 Å². The van der Waals surface area contributed by atoms with Crippen molar-refractivity contribution in [3.05, 3.63) is 0 Å². The van der Waals surface area contributed by atoms with Gasteiger partial charge in [-0.25, -0.2) is 0 Å². The first-order valence-electron chi connectivity index (χ1n) is 7.50. The van der Waals surface area contributed by atoms with Crippen LogP contribution in [-0.2, 0) is 35.4 Å². The Hall–Kier alpha value is -0.492. The molecule has 1 aliphatic carbocycles. The molecule has 1 saturated carbocycles. The topological polar surface area (TPSA) is 142 Å². The van der Waals surface area contributed by atoms with E-state index < -0.39 is 36.0 Å². The molecule has 3 fully saturated rings. The molecule has 3 rings (SSSR count). The van der Waals surface area contributed by atoms with E-state index in [9.17, 15) is 19.8 Å². The Kier molecular flexibility index (Phi) is 7.45. The van der Waals surface area contributed by atoms with E-state index in [1.54, 1.807) is 0 Å². The zero-order valence-corrected chi connectivity index (χ0v) is 14.5. The van der Waals surface area contributed by atoms with Gasteiger partial charge in [0.05, 0.1) is 12.2 Å². The van der Waals surface area contributed by atoms with Gasteiger partial charge in [0.25, 0.3) is 0 Å². The van der Waals surface area contributed by atoms with Crippen LogP contribution in [0.3, 0.4) is 0 Å². The fourth-order valence-corrected chi connectivity index (χ4v) is 3.47. The molecule has 7 nitrogen and oxygen atoms in total. The third kappa shape index (κ3) is 4.28. The second-order valence-electron chi connectivity index (χ2n) is 6.09. The van der Waals surface area contributed by atoms with Gasteiger partial charge in [-0.3, -0.25) is 0 Å². The summed E-state index contributed by atoms with van der Waals surface area (Å²) in [5.41, 5.74) is 11.3. The summed E-state index contributed by atoms with van der Waals surface area (Å²) in [7, 11) is 0. The minimum Gasteiger partial charge on any atom is -0.550 e. The molecule has 128 valence electrons. The molecule has 2 aliphatic heterocycles. The number of hydrogen-bond donors (Lipinski definition) is 2. The summed E-state index contributed by atoms with van der Waals surface area (Å²) in [6.07, 6.45) is 5.03. The fraction of sp³-hybridized carbons (Fsp3) is 0.857. The molecular formula is C14H22N2O5Pt. The number of carbonyl (C=O) groups excluding carboxylic acids is 2. The number of hydrogen-bond acceptors (Lipinski definition) is 7. The van der Waals surface area contributed by atoms with Crippen molar-refractivity contribution in [2.45, 2.75) is 62.8 Å². The number of carboxylic acid groups (broad SMARTS) is 2. The fourth-order valence-electron chi connectivity index (χ4n) is 3.47. The van der Waals surface area contributed by atoms with Crippen LogP contribution in [0.1, 0.15) is 38.5 Å². The first-order chi connectivity index (χ1) is 9.91. The maximum atomic E-state index is 10.6. The summed E-state index contributed by atoms with van der Waals surface area (Å²) >= 11 is 0. The zero-order chi connectivity index (χ0) is 15.6. The molecule has 0 amide bonds. The minimum atomic E-state index is -1.35. The van der Waals surface area contributed by atoms with Crippen molar-refractivity contribution in [2.75, 3.05) is 0 Å². The van der Waals surface area contributed by atoms with Crippen molar-refractivity contribution in [1.29, 1.82) is 0 Å². The Morgan fingerprint density at radius 3 is 1.45 bits per heavy atom. The van der Waals surface area contributed by atoms with E-state index in [4.69, 9.17) is 16.2 Å². The van der Waals surface area contributed by atoms with Gasteiger partial charge in [-0.05, 0) is 25.7 Å². The van der Waals surface area contributed by atoms with Gasteiger partial charge in [0.1, 0.15) is 0 Å². The maximum absolute atomic E-state index is 10.6. The van der Waals surface area contributed by atoms with Gasteiger partial charge in [0.15, 0.2) is 0 Å². The first kappa shape index (κ1) is 19.6. The van der Waals surface area contributed by atoms with Crippen LogP contribution < -0.4 is 21.7 Å². The van der Waals surface area contributed by atoms with Crippen molar-refractivity contribution in [1.82, 2.24) is 0 Å². The number of carboxylic acids is 2. The number of fused-ring (bicyclic) bond motifs is 2. The van der Waals surface area contributed by atoms with Crippen LogP contribution in [0.5, 0.6) is 0 Å². The van der Waals surface area contributed by atoms with Gasteiger partial charge in [0, 0.05) is 35.9 Å². The molecule has 2 saturated heterocycles. The summed E-state index contributed by atoms with van der Waals surface area (Å²) in [5, 5.41) is 21.2. The van der Waals surface area contributed by atoms with Crippen LogP contribution in [0.2, 0.25) is 0 Å². The summed E-state index contributed by atoms with van der Waals surface area (Å²) in [6, 6.07) is 0.562. The van der Waals surface area contributed by atoms with E-state index >= 15 is 0 Å². The van der Waals surface area contributed by atoms with Crippen LogP contribution >= 0.6 is 0 Å². The summed E-state index contributed by atoms with van der Waals surface area (Å²) in [4.78, 5) is 21.2. The van der Waals surface area contributed by atoms with Crippen molar-refractivity contribution in [2.24, 2.45) is 23.3 Å². The standard InChI is InChI=1S/C8H10O5.C6H14N2.Pt/c9-7(10)5-3-1-2-4(13-3)6(5)8(11)12;7-5-3-1-2-4-6(5)8;/h3-6H,1-2H2,(H,9,10)(H,11,12);5-6H,1-4,7-8H2;/q;;+2/p-2. The third-order valence-corrected chi connectivity index (χ3v) is 4.69. The van der Waals surface area contributed by atoms with E-state index in [2.05, 4.69) is 0 Å². The average molecular weight is 493 g/mol. The Morgan fingerprint density at radius 1 is 0.818 bits per heavy atom. The van der Waals surface area contributed by atoms with Crippen LogP contribution in [-0.4, -0.2) is 36.2 Å². The van der Waals surface area contributed by atoms with Crippen molar-refractivity contribution >= 4 is 11.9 Å². The summed E-state index contributed by atoms with van der Waals surface area (Å²) in [6.45, 7) is 0. The molecule has 0 radical (unpaired) electrons. The average Bonchev–Trinajstić information content (AvgIpc) is 3.03. The summed E-state index contributed by atoms with van der Waals surface area (Å²) in [5.74, 6) is -4.74. The molecule has 6 unspecified atom stereocenters. The first-order valence-corrected chi connectivity index (χ1v) is 7.50. The quantitative estimate of drug-likeness (QED) is 0.433. The van der Waals surface area contributed by atoms with E-state index in [0.717, 1.165) is 12.8 Å². The molecule has 0 aromatic carbocycles. The Balaban J connectivity index is 0.000000234. The molecular weight excluding hydrogens is 471 g/mol. The van der Waals surface area contributed by atoms with Crippen molar-refractivity contribution in [3.63, 3.8) is 0 Å². The van der Waals surface area contributed by atoms with E-state index in [0.29, 0.717) is 12.8 Å². The Morgan fingerprint density at radius 2 is 1.18 bits per heavy atom. The molecule has 2 heterocycles. The summed E-state index contributed by atoms with van der Waals surface area (Å²) < 4.78 is 5.18. The molecule has 3 aliphatic rings. The number of carbonyl (C=O) groups is 2. The largest absolute Gasteiger partial charge is 2.00 e. The van der Waals surface area contributed by atoms with Gasteiger partial charge in [-0.2, -0.15) is 0 Å². The van der Waals surface area contributed by atoms with E-state index in [1.807, 2.05) is 0 Å². The van der Waals surface area contributed by atoms with Gasteiger partial charge in [0.2, 0.25) is 0 Å².